The van der Waals surface area contributed by atoms with Gasteiger partial charge in [0.15, 0.2) is 0 Å². The first-order valence-corrected chi connectivity index (χ1v) is 5.34. The molecule has 2 nitrogen and oxygen atoms in total. The van der Waals surface area contributed by atoms with E-state index in [1.54, 1.807) is 6.92 Å². The number of Topliss-reactive ketones (excluding diaryl/α,β-unsaturated/α-hetero) is 1. The molecular weight excluding hydrogens is 164 g/mol. The van der Waals surface area contributed by atoms with Gasteiger partial charge in [0, 0.05) is 5.41 Å². The molecule has 0 aromatic rings. The minimum Gasteiger partial charge on any atom is -0.393 e. The normalized spacial score (nSPS) is 44.5. The van der Waals surface area contributed by atoms with Crippen molar-refractivity contribution in [2.45, 2.75) is 51.6 Å². The van der Waals surface area contributed by atoms with Crippen molar-refractivity contribution in [3.63, 3.8) is 0 Å². The highest BCUT2D eigenvalue weighted by Crippen LogP contribution is 2.52. The van der Waals surface area contributed by atoms with Gasteiger partial charge in [-0.3, -0.25) is 4.79 Å². The number of aliphatic hydroxyl groups is 1. The highest BCUT2D eigenvalue weighted by Gasteiger charge is 2.50. The molecular formula is C11H18O2. The summed E-state index contributed by atoms with van der Waals surface area (Å²) in [5, 5.41) is 9.62. The van der Waals surface area contributed by atoms with Gasteiger partial charge in [0.05, 0.1) is 6.10 Å². The molecule has 13 heavy (non-hydrogen) atoms. The quantitative estimate of drug-likeness (QED) is 0.672. The van der Waals surface area contributed by atoms with E-state index < -0.39 is 0 Å². The molecule has 74 valence electrons. The van der Waals surface area contributed by atoms with Crippen LogP contribution < -0.4 is 0 Å². The van der Waals surface area contributed by atoms with Crippen molar-refractivity contribution >= 4 is 5.78 Å². The Morgan fingerprint density at radius 2 is 2.23 bits per heavy atom. The Morgan fingerprint density at radius 1 is 1.46 bits per heavy atom. The van der Waals surface area contributed by atoms with Gasteiger partial charge in [-0.2, -0.15) is 0 Å². The van der Waals surface area contributed by atoms with E-state index in [-0.39, 0.29) is 11.5 Å². The molecule has 3 atom stereocenters. The number of aliphatic hydroxyl groups excluding tert-OH is 1. The van der Waals surface area contributed by atoms with Gasteiger partial charge in [0.2, 0.25) is 0 Å². The Kier molecular flexibility index (Phi) is 2.18. The number of fused-ring (bicyclic) bond motifs is 1. The lowest BCUT2D eigenvalue weighted by Crippen LogP contribution is -2.35. The zero-order valence-electron chi connectivity index (χ0n) is 8.25. The Hall–Kier alpha value is -0.370. The molecule has 0 aliphatic heterocycles. The van der Waals surface area contributed by atoms with Crippen molar-refractivity contribution in [1.82, 2.24) is 0 Å². The largest absolute Gasteiger partial charge is 0.393 e. The predicted octanol–water partition coefficient (Wildman–Crippen LogP) is 1.91. The van der Waals surface area contributed by atoms with E-state index in [4.69, 9.17) is 0 Å². The highest BCUT2D eigenvalue weighted by atomic mass is 16.3. The van der Waals surface area contributed by atoms with Crippen LogP contribution in [0.15, 0.2) is 0 Å². The summed E-state index contributed by atoms with van der Waals surface area (Å²) in [5.41, 5.74) is -0.127. The van der Waals surface area contributed by atoms with Gasteiger partial charge >= 0.3 is 0 Å². The van der Waals surface area contributed by atoms with Gasteiger partial charge in [0.1, 0.15) is 5.78 Å². The van der Waals surface area contributed by atoms with Crippen LogP contribution in [0.25, 0.3) is 0 Å². The summed E-state index contributed by atoms with van der Waals surface area (Å²) < 4.78 is 0. The molecule has 0 aromatic carbocycles. The first kappa shape index (κ1) is 9.20. The fourth-order valence-electron chi connectivity index (χ4n) is 3.36. The summed E-state index contributed by atoms with van der Waals surface area (Å²) in [7, 11) is 0. The molecule has 2 heteroatoms. The van der Waals surface area contributed by atoms with Crippen molar-refractivity contribution in [1.29, 1.82) is 0 Å². The minimum absolute atomic E-state index is 0.127. The average Bonchev–Trinajstić information content (AvgIpc) is 2.41. The van der Waals surface area contributed by atoms with Crippen molar-refractivity contribution in [3.8, 4) is 0 Å². The number of ketones is 1. The maximum absolute atomic E-state index is 11.6. The van der Waals surface area contributed by atoms with Gasteiger partial charge in [-0.1, -0.05) is 12.8 Å². The zero-order chi connectivity index (χ0) is 9.47. The molecule has 2 aliphatic carbocycles. The van der Waals surface area contributed by atoms with Crippen molar-refractivity contribution in [2.24, 2.45) is 11.3 Å². The van der Waals surface area contributed by atoms with Crippen LogP contribution in [-0.2, 0) is 4.79 Å². The van der Waals surface area contributed by atoms with Gasteiger partial charge in [-0.15, -0.1) is 0 Å². The second kappa shape index (κ2) is 3.09. The number of carbonyl (C=O) groups is 1. The van der Waals surface area contributed by atoms with E-state index in [2.05, 4.69) is 0 Å². The second-order valence-electron chi connectivity index (χ2n) is 4.75. The smallest absolute Gasteiger partial charge is 0.136 e. The predicted molar refractivity (Wildman–Crippen MR) is 50.3 cm³/mol. The lowest BCUT2D eigenvalue weighted by Gasteiger charge is -2.36. The number of hydrogen-bond acceptors (Lipinski definition) is 2. The lowest BCUT2D eigenvalue weighted by molar-refractivity contribution is -0.130. The topological polar surface area (TPSA) is 37.3 Å². The summed E-state index contributed by atoms with van der Waals surface area (Å²) in [6, 6.07) is 0. The molecule has 0 heterocycles. The molecule has 2 aliphatic rings. The van der Waals surface area contributed by atoms with Gasteiger partial charge in [-0.25, -0.2) is 0 Å². The SMILES string of the molecule is CC(=O)[C@]12CCCC[C@H]1C[C@@H](O)C2. The van der Waals surface area contributed by atoms with E-state index in [0.717, 1.165) is 25.7 Å². The van der Waals surface area contributed by atoms with Crippen molar-refractivity contribution in [3.05, 3.63) is 0 Å². The van der Waals surface area contributed by atoms with E-state index in [9.17, 15) is 9.90 Å². The van der Waals surface area contributed by atoms with Gasteiger partial charge < -0.3 is 5.11 Å². The van der Waals surface area contributed by atoms with Crippen LogP contribution in [-0.4, -0.2) is 17.0 Å². The maximum Gasteiger partial charge on any atom is 0.136 e. The molecule has 2 rings (SSSR count). The Labute approximate surface area is 79.3 Å². The van der Waals surface area contributed by atoms with E-state index in [1.165, 1.54) is 12.8 Å². The number of rotatable bonds is 1. The van der Waals surface area contributed by atoms with Crippen LogP contribution in [0.5, 0.6) is 0 Å². The second-order valence-corrected chi connectivity index (χ2v) is 4.75. The molecule has 2 saturated carbocycles. The zero-order valence-corrected chi connectivity index (χ0v) is 8.25. The summed E-state index contributed by atoms with van der Waals surface area (Å²) in [4.78, 5) is 11.6. The van der Waals surface area contributed by atoms with E-state index in [0.29, 0.717) is 11.7 Å². The van der Waals surface area contributed by atoms with Gasteiger partial charge in [0.25, 0.3) is 0 Å². The molecule has 2 fully saturated rings. The standard InChI is InChI=1S/C11H18O2/c1-8(12)11-5-3-2-4-9(11)6-10(13)7-11/h9-10,13H,2-7H2,1H3/t9-,10+,11+/m0/s1. The van der Waals surface area contributed by atoms with Crippen LogP contribution in [0.1, 0.15) is 45.4 Å². The first-order valence-electron chi connectivity index (χ1n) is 5.34. The molecule has 0 saturated heterocycles. The number of hydrogen-bond donors (Lipinski definition) is 1. The Balaban J connectivity index is 2.24. The summed E-state index contributed by atoms with van der Waals surface area (Å²) >= 11 is 0. The molecule has 0 aromatic heterocycles. The van der Waals surface area contributed by atoms with Crippen LogP contribution in [0.4, 0.5) is 0 Å². The molecule has 0 unspecified atom stereocenters. The first-order chi connectivity index (χ1) is 6.15. The van der Waals surface area contributed by atoms with E-state index in [1.807, 2.05) is 0 Å². The van der Waals surface area contributed by atoms with Crippen molar-refractivity contribution < 1.29 is 9.90 Å². The molecule has 0 spiro atoms. The third-order valence-corrected chi connectivity index (χ3v) is 4.06. The summed E-state index contributed by atoms with van der Waals surface area (Å²) in [6.07, 6.45) is 5.95. The highest BCUT2D eigenvalue weighted by molar-refractivity contribution is 5.83. The van der Waals surface area contributed by atoms with Crippen LogP contribution in [0.2, 0.25) is 0 Å². The third kappa shape index (κ3) is 1.32. The van der Waals surface area contributed by atoms with E-state index >= 15 is 0 Å². The maximum atomic E-state index is 11.6. The van der Waals surface area contributed by atoms with Crippen LogP contribution >= 0.6 is 0 Å². The Morgan fingerprint density at radius 3 is 2.85 bits per heavy atom. The fourth-order valence-corrected chi connectivity index (χ4v) is 3.36. The molecule has 0 bridgehead atoms. The monoisotopic (exact) mass is 182 g/mol. The number of carbonyl (C=O) groups excluding carboxylic acids is 1. The van der Waals surface area contributed by atoms with Crippen molar-refractivity contribution in [2.75, 3.05) is 0 Å². The third-order valence-electron chi connectivity index (χ3n) is 4.06. The summed E-state index contributed by atoms with van der Waals surface area (Å²) in [6.45, 7) is 1.70. The lowest BCUT2D eigenvalue weighted by atomic mass is 9.66. The van der Waals surface area contributed by atoms with Gasteiger partial charge in [-0.05, 0) is 38.5 Å². The Bertz CT molecular complexity index is 224. The average molecular weight is 182 g/mol. The van der Waals surface area contributed by atoms with Crippen LogP contribution in [0.3, 0.4) is 0 Å². The minimum atomic E-state index is -0.216. The van der Waals surface area contributed by atoms with Crippen LogP contribution in [0, 0.1) is 11.3 Å². The molecule has 1 N–H and O–H groups in total. The molecule has 0 radical (unpaired) electrons. The summed E-state index contributed by atoms with van der Waals surface area (Å²) in [5.74, 6) is 0.794. The molecule has 0 amide bonds. The fraction of sp³-hybridized carbons (Fsp3) is 0.909.